The quantitative estimate of drug-likeness (QED) is 0.0633. The number of rotatable bonds is 18. The van der Waals surface area contributed by atoms with Crippen molar-refractivity contribution in [3.63, 3.8) is 0 Å². The zero-order valence-electron chi connectivity index (χ0n) is 37.3. The zero-order valence-corrected chi connectivity index (χ0v) is 39.9. The summed E-state index contributed by atoms with van der Waals surface area (Å²) in [7, 11) is -0.708. The summed E-state index contributed by atoms with van der Waals surface area (Å²) >= 11 is 3.74. The molecular formula is C49H59BrN6O7Si. The Hall–Kier alpha value is -4.90. The van der Waals surface area contributed by atoms with E-state index in [0.717, 1.165) is 61.8 Å². The molecule has 0 saturated carbocycles. The van der Waals surface area contributed by atoms with Crippen LogP contribution in [0.25, 0.3) is 0 Å². The number of carbonyl (C=O) groups excluding carboxylic acids is 2. The topological polar surface area (TPSA) is 152 Å². The summed E-state index contributed by atoms with van der Waals surface area (Å²) in [6.07, 6.45) is 4.62. The van der Waals surface area contributed by atoms with Gasteiger partial charge in [0, 0.05) is 54.0 Å². The molecule has 1 aromatic heterocycles. The van der Waals surface area contributed by atoms with Crippen molar-refractivity contribution in [2.45, 2.75) is 95.4 Å². The smallest absolute Gasteiger partial charge is 0.264 e. The predicted molar refractivity (Wildman–Crippen MR) is 253 cm³/mol. The van der Waals surface area contributed by atoms with Crippen LogP contribution in [0.5, 0.6) is 11.5 Å². The van der Waals surface area contributed by atoms with E-state index in [1.807, 2.05) is 89.4 Å². The van der Waals surface area contributed by atoms with E-state index in [-0.39, 0.29) is 42.6 Å². The number of ether oxygens (including phenoxy) is 3. The van der Waals surface area contributed by atoms with E-state index in [9.17, 15) is 15.0 Å². The van der Waals surface area contributed by atoms with Crippen LogP contribution in [0.3, 0.4) is 0 Å². The molecule has 3 aliphatic rings. The van der Waals surface area contributed by atoms with Crippen molar-refractivity contribution in [3.8, 4) is 11.5 Å². The van der Waals surface area contributed by atoms with Crippen LogP contribution < -0.4 is 29.8 Å². The zero-order chi connectivity index (χ0) is 45.2. The molecule has 1 unspecified atom stereocenters. The molecule has 1 saturated heterocycles. The fourth-order valence-corrected chi connectivity index (χ4v) is 14.7. The number of aromatic nitrogens is 3. The van der Waals surface area contributed by atoms with Gasteiger partial charge in [-0.25, -0.2) is 0 Å². The van der Waals surface area contributed by atoms with Crippen LogP contribution in [0, 0.1) is 5.92 Å². The Labute approximate surface area is 384 Å². The van der Waals surface area contributed by atoms with Crippen LogP contribution in [-0.2, 0) is 45.9 Å². The van der Waals surface area contributed by atoms with Gasteiger partial charge in [0.2, 0.25) is 5.91 Å². The lowest BCUT2D eigenvalue weighted by molar-refractivity contribution is -0.146. The van der Waals surface area contributed by atoms with E-state index in [1.54, 1.807) is 12.0 Å². The Balaban J connectivity index is 1.10. The van der Waals surface area contributed by atoms with E-state index >= 15 is 4.79 Å². The normalized spacial score (nSPS) is 21.8. The molecule has 15 heteroatoms. The SMILES string of the molecule is CCOc1ccc2c(c1)CC(NCCCCO)C(=O)N2c1ccc(CN2C(=O)[C@]3(O[C@H](CCn4cc(CCO)nn4)[C@@H]([Si](C)(C)c4ccc(OC)cc4)[C@@H]3C)c3cc(Br)ccc32)cc1. The first-order valence-corrected chi connectivity index (χ1v) is 26.3. The summed E-state index contributed by atoms with van der Waals surface area (Å²) in [5.74, 6) is 1.24. The number of aryl methyl sites for hydroxylation is 1. The van der Waals surface area contributed by atoms with Crippen LogP contribution in [0.2, 0.25) is 18.6 Å². The van der Waals surface area contributed by atoms with E-state index in [2.05, 4.69) is 69.8 Å². The molecule has 4 aromatic carbocycles. The highest BCUT2D eigenvalue weighted by Gasteiger charge is 2.66. The Bertz CT molecular complexity index is 2450. The van der Waals surface area contributed by atoms with Gasteiger partial charge < -0.3 is 34.6 Å². The van der Waals surface area contributed by atoms with Gasteiger partial charge >= 0.3 is 0 Å². The third kappa shape index (κ3) is 8.65. The van der Waals surface area contributed by atoms with Gasteiger partial charge in [0.25, 0.3) is 5.91 Å². The number of aliphatic hydroxyl groups excluding tert-OH is 2. The second-order valence-corrected chi connectivity index (χ2v) is 23.3. The third-order valence-electron chi connectivity index (χ3n) is 13.5. The van der Waals surface area contributed by atoms with Crippen molar-refractivity contribution in [3.05, 3.63) is 118 Å². The molecule has 2 amide bonds. The maximum Gasteiger partial charge on any atom is 0.264 e. The summed E-state index contributed by atoms with van der Waals surface area (Å²) in [5, 5.41) is 32.1. The van der Waals surface area contributed by atoms with Gasteiger partial charge in [0.1, 0.15) is 11.5 Å². The Kier molecular flexibility index (Phi) is 13.8. The first-order chi connectivity index (χ1) is 30.9. The summed E-state index contributed by atoms with van der Waals surface area (Å²) in [4.78, 5) is 33.3. The lowest BCUT2D eigenvalue weighted by Gasteiger charge is -2.37. The van der Waals surface area contributed by atoms with Crippen LogP contribution in [0.15, 0.2) is 95.6 Å². The molecule has 5 atom stereocenters. The van der Waals surface area contributed by atoms with Gasteiger partial charge in [0.15, 0.2) is 5.60 Å². The molecule has 3 aliphatic heterocycles. The number of benzene rings is 4. The lowest BCUT2D eigenvalue weighted by atomic mass is 9.82. The molecule has 0 aliphatic carbocycles. The van der Waals surface area contributed by atoms with E-state index < -0.39 is 19.7 Å². The maximum atomic E-state index is 15.5. The summed E-state index contributed by atoms with van der Waals surface area (Å²) in [6, 6.07) is 27.8. The minimum Gasteiger partial charge on any atom is -0.497 e. The molecule has 1 spiro atoms. The number of anilines is 3. The molecule has 64 heavy (non-hydrogen) atoms. The third-order valence-corrected chi connectivity index (χ3v) is 18.3. The molecule has 4 heterocycles. The second-order valence-electron chi connectivity index (χ2n) is 17.6. The molecule has 13 nitrogen and oxygen atoms in total. The highest BCUT2D eigenvalue weighted by molar-refractivity contribution is 9.10. The first kappa shape index (κ1) is 45.7. The maximum absolute atomic E-state index is 15.5. The molecule has 338 valence electrons. The number of hydrogen-bond donors (Lipinski definition) is 3. The average molecular weight is 952 g/mol. The summed E-state index contributed by atoms with van der Waals surface area (Å²) in [6.45, 7) is 11.0. The largest absolute Gasteiger partial charge is 0.497 e. The molecule has 0 radical (unpaired) electrons. The lowest BCUT2D eigenvalue weighted by Crippen LogP contribution is -2.51. The summed E-state index contributed by atoms with van der Waals surface area (Å²) < 4.78 is 21.4. The minimum atomic E-state index is -2.38. The Morgan fingerprint density at radius 1 is 0.953 bits per heavy atom. The standard InChI is InChI=1S/C49H59BrN6O7Si/c1-6-62-39-16-20-43-34(27-39)28-42(51-23-7-8-25-57)47(59)56(43)37-12-9-33(10-13-37)30-55-44-19-11-35(50)29-41(44)49(48(55)60)32(2)46(64(4,5)40-17-14-38(61-3)15-18-40)45(63-49)21-24-54-31-36(22-26-58)52-53-54/h9-20,27,29,31-32,42,45-46,51,57-58H,6-8,21-26,28,30H2,1-5H3/t32-,42?,45+,46-,49+/m0/s1. The van der Waals surface area contributed by atoms with Gasteiger partial charge in [0.05, 0.1) is 57.5 Å². The van der Waals surface area contributed by atoms with Gasteiger partial charge in [-0.1, -0.05) is 70.6 Å². The van der Waals surface area contributed by atoms with Gasteiger partial charge in [-0.15, -0.1) is 5.10 Å². The molecule has 1 fully saturated rings. The van der Waals surface area contributed by atoms with Gasteiger partial charge in [-0.3, -0.25) is 19.2 Å². The molecule has 0 bridgehead atoms. The number of hydrogen-bond acceptors (Lipinski definition) is 10. The second kappa shape index (κ2) is 19.3. The van der Waals surface area contributed by atoms with E-state index in [4.69, 9.17) is 14.2 Å². The van der Waals surface area contributed by atoms with E-state index in [0.29, 0.717) is 51.9 Å². The first-order valence-electron chi connectivity index (χ1n) is 22.4. The van der Waals surface area contributed by atoms with Crippen molar-refractivity contribution in [2.75, 3.05) is 43.3 Å². The number of methoxy groups -OCH3 is 1. The molecular weight excluding hydrogens is 893 g/mol. The number of amides is 2. The fourth-order valence-electron chi connectivity index (χ4n) is 10.3. The van der Waals surface area contributed by atoms with Gasteiger partial charge in [-0.2, -0.15) is 0 Å². The summed E-state index contributed by atoms with van der Waals surface area (Å²) in [5.41, 5.74) is 4.68. The van der Waals surface area contributed by atoms with Crippen molar-refractivity contribution < 1.29 is 34.0 Å². The number of aliphatic hydroxyl groups is 2. The van der Waals surface area contributed by atoms with Crippen molar-refractivity contribution in [1.82, 2.24) is 20.3 Å². The highest BCUT2D eigenvalue weighted by atomic mass is 79.9. The van der Waals surface area contributed by atoms with Crippen LogP contribution in [0.1, 0.15) is 55.5 Å². The van der Waals surface area contributed by atoms with E-state index in [1.165, 1.54) is 5.19 Å². The van der Waals surface area contributed by atoms with Crippen molar-refractivity contribution in [2.24, 2.45) is 5.92 Å². The number of nitrogens with one attached hydrogen (secondary N) is 1. The fraction of sp³-hybridized carbons (Fsp3) is 0.429. The number of nitrogens with zero attached hydrogens (tertiary/aromatic N) is 5. The molecule has 8 rings (SSSR count). The molecule has 3 N–H and O–H groups in total. The Morgan fingerprint density at radius 2 is 1.70 bits per heavy atom. The van der Waals surface area contributed by atoms with Crippen LogP contribution in [0.4, 0.5) is 17.1 Å². The van der Waals surface area contributed by atoms with Crippen molar-refractivity contribution >= 4 is 58.1 Å². The number of carbonyl (C=O) groups is 2. The minimum absolute atomic E-state index is 0.0000603. The number of halogens is 1. The monoisotopic (exact) mass is 950 g/mol. The predicted octanol–water partition coefficient (Wildman–Crippen LogP) is 6.79. The average Bonchev–Trinajstić information content (AvgIpc) is 3.94. The van der Waals surface area contributed by atoms with Gasteiger partial charge in [-0.05, 0) is 116 Å². The van der Waals surface area contributed by atoms with Crippen LogP contribution >= 0.6 is 15.9 Å². The van der Waals surface area contributed by atoms with Crippen molar-refractivity contribution in [1.29, 1.82) is 0 Å². The molecule has 5 aromatic rings. The highest BCUT2D eigenvalue weighted by Crippen LogP contribution is 2.60. The van der Waals surface area contributed by atoms with Crippen LogP contribution in [-0.4, -0.2) is 90.7 Å². The number of fused-ring (bicyclic) bond motifs is 3. The Morgan fingerprint density at radius 3 is 2.42 bits per heavy atom. The number of unbranched alkanes of at least 4 members (excludes halogenated alkanes) is 1.